The van der Waals surface area contributed by atoms with E-state index in [0.29, 0.717) is 6.61 Å². The van der Waals surface area contributed by atoms with E-state index in [9.17, 15) is 0 Å². The zero-order chi connectivity index (χ0) is 15.5. The molecule has 0 saturated carbocycles. The van der Waals surface area contributed by atoms with Gasteiger partial charge in [-0.25, -0.2) is 4.98 Å². The lowest BCUT2D eigenvalue weighted by Gasteiger charge is -2.03. The van der Waals surface area contributed by atoms with Crippen LogP contribution in [-0.4, -0.2) is 16.7 Å². The first-order chi connectivity index (χ1) is 10.7. The summed E-state index contributed by atoms with van der Waals surface area (Å²) >= 11 is 6.47. The number of thiocarbonyl (C=S) groups is 1. The average molecular weight is 329 g/mol. The number of nitrogens with zero attached hydrogens (tertiary/aromatic N) is 1. The predicted molar refractivity (Wildman–Crippen MR) is 96.6 cm³/mol. The molecule has 0 saturated heterocycles. The summed E-state index contributed by atoms with van der Waals surface area (Å²) in [5.74, 6) is 0.876. The third-order valence-corrected chi connectivity index (χ3v) is 4.24. The minimum absolute atomic E-state index is 0.260. The van der Waals surface area contributed by atoms with E-state index in [1.165, 1.54) is 0 Å². The summed E-state index contributed by atoms with van der Waals surface area (Å²) in [6.45, 7) is 2.64. The van der Waals surface area contributed by atoms with Gasteiger partial charge in [0.15, 0.2) is 5.11 Å². The van der Waals surface area contributed by atoms with E-state index >= 15 is 0 Å². The van der Waals surface area contributed by atoms with Crippen molar-refractivity contribution in [3.8, 4) is 16.3 Å². The van der Waals surface area contributed by atoms with Gasteiger partial charge in [0.2, 0.25) is 0 Å². The summed E-state index contributed by atoms with van der Waals surface area (Å²) in [6.07, 6.45) is 0. The fourth-order valence-corrected chi connectivity index (χ4v) is 3.24. The molecule has 0 aliphatic heterocycles. The van der Waals surface area contributed by atoms with E-state index in [1.807, 2.05) is 49.4 Å². The highest BCUT2D eigenvalue weighted by Crippen LogP contribution is 2.32. The molecule has 0 bridgehead atoms. The van der Waals surface area contributed by atoms with Crippen LogP contribution in [0.25, 0.3) is 20.8 Å². The molecule has 2 aromatic carbocycles. The van der Waals surface area contributed by atoms with Crippen LogP contribution in [0, 0.1) is 0 Å². The zero-order valence-corrected chi connectivity index (χ0v) is 13.6. The highest BCUT2D eigenvalue weighted by molar-refractivity contribution is 7.80. The number of hydrogen-bond acceptors (Lipinski definition) is 4. The second-order valence-electron chi connectivity index (χ2n) is 4.65. The number of ether oxygens (including phenoxy) is 1. The minimum atomic E-state index is 0.260. The van der Waals surface area contributed by atoms with Gasteiger partial charge in [-0.2, -0.15) is 0 Å². The Morgan fingerprint density at radius 2 is 2.05 bits per heavy atom. The number of nitrogens with one attached hydrogen (secondary N) is 1. The van der Waals surface area contributed by atoms with Crippen molar-refractivity contribution in [2.24, 2.45) is 5.73 Å². The first-order valence-electron chi connectivity index (χ1n) is 6.86. The van der Waals surface area contributed by atoms with Crippen LogP contribution in [0.2, 0.25) is 0 Å². The fourth-order valence-electron chi connectivity index (χ4n) is 2.12. The second-order valence-corrected chi connectivity index (χ2v) is 6.12. The third kappa shape index (κ3) is 3.18. The smallest absolute Gasteiger partial charge is 0.168 e. The maximum atomic E-state index is 5.53. The molecule has 0 atom stereocenters. The lowest BCUT2D eigenvalue weighted by molar-refractivity contribution is 0.341. The van der Waals surface area contributed by atoms with Crippen molar-refractivity contribution in [3.63, 3.8) is 0 Å². The zero-order valence-electron chi connectivity index (χ0n) is 12.0. The molecule has 0 amide bonds. The van der Waals surface area contributed by atoms with Crippen molar-refractivity contribution in [2.45, 2.75) is 6.92 Å². The van der Waals surface area contributed by atoms with Gasteiger partial charge < -0.3 is 15.8 Å². The van der Waals surface area contributed by atoms with Gasteiger partial charge in [0.25, 0.3) is 0 Å². The highest BCUT2D eigenvalue weighted by Gasteiger charge is 2.07. The predicted octanol–water partition coefficient (Wildman–Crippen LogP) is 4.02. The number of benzene rings is 2. The van der Waals surface area contributed by atoms with E-state index in [1.54, 1.807) is 11.3 Å². The Hall–Kier alpha value is -2.18. The molecule has 112 valence electrons. The molecule has 3 rings (SSSR count). The number of aromatic nitrogens is 1. The topological polar surface area (TPSA) is 60.2 Å². The Bertz CT molecular complexity index is 812. The van der Waals surface area contributed by atoms with Crippen LogP contribution in [0.5, 0.6) is 5.75 Å². The highest BCUT2D eigenvalue weighted by atomic mass is 32.1. The quantitative estimate of drug-likeness (QED) is 0.708. The molecule has 6 heteroatoms. The standard InChI is InChI=1S/C16H15N3OS2/c1-2-20-12-7-8-13-14(9-12)22-15(19-13)10-3-5-11(6-4-10)18-16(17)21/h3-9H,2H2,1H3,(H3,17,18,21). The van der Waals surface area contributed by atoms with Crippen LogP contribution in [0.1, 0.15) is 6.92 Å². The monoisotopic (exact) mass is 329 g/mol. The van der Waals surface area contributed by atoms with Crippen molar-refractivity contribution in [2.75, 3.05) is 11.9 Å². The van der Waals surface area contributed by atoms with Gasteiger partial charge in [-0.1, -0.05) is 0 Å². The van der Waals surface area contributed by atoms with Gasteiger partial charge in [-0.15, -0.1) is 11.3 Å². The summed E-state index contributed by atoms with van der Waals surface area (Å²) in [4.78, 5) is 4.67. The Morgan fingerprint density at radius 1 is 1.27 bits per heavy atom. The van der Waals surface area contributed by atoms with Crippen molar-refractivity contribution < 1.29 is 4.74 Å². The van der Waals surface area contributed by atoms with Gasteiger partial charge in [-0.3, -0.25) is 0 Å². The molecule has 3 aromatic rings. The van der Waals surface area contributed by atoms with E-state index in [-0.39, 0.29) is 5.11 Å². The van der Waals surface area contributed by atoms with Gasteiger partial charge in [0, 0.05) is 11.3 Å². The Labute approximate surface area is 137 Å². The van der Waals surface area contributed by atoms with Gasteiger partial charge in [0.05, 0.1) is 16.8 Å². The average Bonchev–Trinajstić information content (AvgIpc) is 2.91. The molecule has 0 aliphatic carbocycles. The molecule has 1 heterocycles. The lowest BCUT2D eigenvalue weighted by Crippen LogP contribution is -2.18. The number of fused-ring (bicyclic) bond motifs is 1. The summed E-state index contributed by atoms with van der Waals surface area (Å²) in [6, 6.07) is 13.8. The third-order valence-electron chi connectivity index (χ3n) is 3.07. The molecule has 4 nitrogen and oxygen atoms in total. The molecule has 1 aromatic heterocycles. The van der Waals surface area contributed by atoms with Crippen molar-refractivity contribution >= 4 is 44.6 Å². The molecule has 0 spiro atoms. The van der Waals surface area contributed by atoms with Gasteiger partial charge >= 0.3 is 0 Å². The molecule has 3 N–H and O–H groups in total. The fraction of sp³-hybridized carbons (Fsp3) is 0.125. The molecule has 0 fully saturated rings. The molecular weight excluding hydrogens is 314 g/mol. The first kappa shape index (κ1) is 14.7. The molecule has 0 unspecified atom stereocenters. The molecule has 0 aliphatic rings. The Balaban J connectivity index is 1.90. The summed E-state index contributed by atoms with van der Waals surface area (Å²) in [5.41, 5.74) is 8.38. The maximum Gasteiger partial charge on any atom is 0.168 e. The maximum absolute atomic E-state index is 5.53. The van der Waals surface area contributed by atoms with Crippen molar-refractivity contribution in [3.05, 3.63) is 42.5 Å². The Morgan fingerprint density at radius 3 is 2.73 bits per heavy atom. The van der Waals surface area contributed by atoms with Crippen LogP contribution < -0.4 is 15.8 Å². The normalized spacial score (nSPS) is 10.6. The molecule has 0 radical (unpaired) electrons. The van der Waals surface area contributed by atoms with Crippen LogP contribution in [0.3, 0.4) is 0 Å². The van der Waals surface area contributed by atoms with Gasteiger partial charge in [0.1, 0.15) is 10.8 Å². The largest absolute Gasteiger partial charge is 0.494 e. The van der Waals surface area contributed by atoms with E-state index < -0.39 is 0 Å². The number of thiazole rings is 1. The van der Waals surface area contributed by atoms with Crippen LogP contribution in [0.4, 0.5) is 5.69 Å². The van der Waals surface area contributed by atoms with Crippen molar-refractivity contribution in [1.29, 1.82) is 0 Å². The molecule has 22 heavy (non-hydrogen) atoms. The second kappa shape index (κ2) is 6.29. The summed E-state index contributed by atoms with van der Waals surface area (Å²) in [5, 5.41) is 4.14. The summed E-state index contributed by atoms with van der Waals surface area (Å²) < 4.78 is 6.65. The molecular formula is C16H15N3OS2. The van der Waals surface area contributed by atoms with Crippen LogP contribution in [-0.2, 0) is 0 Å². The number of hydrogen-bond donors (Lipinski definition) is 2. The van der Waals surface area contributed by atoms with E-state index in [0.717, 1.165) is 32.2 Å². The van der Waals surface area contributed by atoms with Gasteiger partial charge in [-0.05, 0) is 61.6 Å². The minimum Gasteiger partial charge on any atom is -0.494 e. The van der Waals surface area contributed by atoms with E-state index in [2.05, 4.69) is 10.3 Å². The van der Waals surface area contributed by atoms with Crippen LogP contribution in [0.15, 0.2) is 42.5 Å². The van der Waals surface area contributed by atoms with Crippen LogP contribution >= 0.6 is 23.6 Å². The SMILES string of the molecule is CCOc1ccc2nc(-c3ccc(NC(N)=S)cc3)sc2c1. The number of nitrogens with two attached hydrogens (primary N) is 1. The Kier molecular flexibility index (Phi) is 4.22. The summed E-state index contributed by atoms with van der Waals surface area (Å²) in [7, 11) is 0. The van der Waals surface area contributed by atoms with E-state index in [4.69, 9.17) is 22.7 Å². The lowest BCUT2D eigenvalue weighted by atomic mass is 10.2. The first-order valence-corrected chi connectivity index (χ1v) is 8.08. The van der Waals surface area contributed by atoms with Crippen molar-refractivity contribution in [1.82, 2.24) is 4.98 Å². The number of anilines is 1. The number of rotatable bonds is 4.